The Morgan fingerprint density at radius 3 is 2.41 bits per heavy atom. The van der Waals surface area contributed by atoms with Crippen LogP contribution in [0.5, 0.6) is 11.5 Å². The summed E-state index contributed by atoms with van der Waals surface area (Å²) in [6.07, 6.45) is 0.763. The predicted molar refractivity (Wildman–Crippen MR) is 91.6 cm³/mol. The Hall–Kier alpha value is -1.13. The van der Waals surface area contributed by atoms with Crippen LogP contribution in [0.3, 0.4) is 0 Å². The molecule has 6 heteroatoms. The molecule has 0 aliphatic rings. The zero-order valence-electron chi connectivity index (χ0n) is 12.0. The van der Waals surface area contributed by atoms with Gasteiger partial charge >= 0.3 is 0 Å². The SMILES string of the molecule is COc1ccc(CCN)cc1OCc1c(Cl)ccc(Cl)c1Cl. The van der Waals surface area contributed by atoms with Crippen LogP contribution in [0.4, 0.5) is 0 Å². The first-order chi connectivity index (χ1) is 10.6. The summed E-state index contributed by atoms with van der Waals surface area (Å²) in [5, 5.41) is 1.34. The van der Waals surface area contributed by atoms with E-state index in [9.17, 15) is 0 Å². The minimum Gasteiger partial charge on any atom is -0.493 e. The van der Waals surface area contributed by atoms with Crippen LogP contribution in [0.2, 0.25) is 15.1 Å². The van der Waals surface area contributed by atoms with Crippen LogP contribution in [-0.2, 0) is 13.0 Å². The average molecular weight is 361 g/mol. The smallest absolute Gasteiger partial charge is 0.161 e. The van der Waals surface area contributed by atoms with Gasteiger partial charge in [0.15, 0.2) is 11.5 Å². The highest BCUT2D eigenvalue weighted by atomic mass is 35.5. The number of hydrogen-bond acceptors (Lipinski definition) is 3. The van der Waals surface area contributed by atoms with Gasteiger partial charge in [-0.15, -0.1) is 0 Å². The summed E-state index contributed by atoms with van der Waals surface area (Å²) in [5.41, 5.74) is 7.29. The van der Waals surface area contributed by atoms with E-state index in [1.807, 2.05) is 18.2 Å². The van der Waals surface area contributed by atoms with Gasteiger partial charge < -0.3 is 15.2 Å². The minimum atomic E-state index is 0.195. The van der Waals surface area contributed by atoms with E-state index in [4.69, 9.17) is 50.0 Å². The van der Waals surface area contributed by atoms with Crippen LogP contribution in [0, 0.1) is 0 Å². The Balaban J connectivity index is 2.24. The third-order valence-electron chi connectivity index (χ3n) is 3.17. The highest BCUT2D eigenvalue weighted by Crippen LogP contribution is 2.34. The number of hydrogen-bond donors (Lipinski definition) is 1. The standard InChI is InChI=1S/C16H16Cl3NO2/c1-21-14-5-2-10(6-7-20)8-15(14)22-9-11-12(17)3-4-13(18)16(11)19/h2-5,8H,6-7,9,20H2,1H3. The maximum absolute atomic E-state index is 6.18. The Labute approximate surface area is 144 Å². The lowest BCUT2D eigenvalue weighted by Crippen LogP contribution is -2.04. The van der Waals surface area contributed by atoms with E-state index in [0.29, 0.717) is 38.7 Å². The van der Waals surface area contributed by atoms with Gasteiger partial charge in [0, 0.05) is 10.6 Å². The summed E-state index contributed by atoms with van der Waals surface area (Å²) in [7, 11) is 1.59. The molecule has 2 rings (SSSR count). The molecule has 0 unspecified atom stereocenters. The van der Waals surface area contributed by atoms with Gasteiger partial charge in [0.1, 0.15) is 6.61 Å². The third-order valence-corrected chi connectivity index (χ3v) is 4.37. The molecule has 2 N–H and O–H groups in total. The molecule has 0 aliphatic carbocycles. The highest BCUT2D eigenvalue weighted by molar-refractivity contribution is 6.44. The number of methoxy groups -OCH3 is 1. The summed E-state index contributed by atoms with van der Waals surface area (Å²) in [6.45, 7) is 0.762. The lowest BCUT2D eigenvalue weighted by atomic mass is 10.1. The average Bonchev–Trinajstić information content (AvgIpc) is 2.52. The zero-order chi connectivity index (χ0) is 16.1. The molecule has 0 amide bonds. The lowest BCUT2D eigenvalue weighted by Gasteiger charge is -2.14. The molecule has 2 aromatic carbocycles. The molecule has 0 atom stereocenters. The van der Waals surface area contributed by atoms with Gasteiger partial charge in [-0.05, 0) is 42.8 Å². The van der Waals surface area contributed by atoms with Crippen molar-refractivity contribution >= 4 is 34.8 Å². The van der Waals surface area contributed by atoms with Crippen LogP contribution in [0.1, 0.15) is 11.1 Å². The summed E-state index contributed by atoms with van der Waals surface area (Å²) in [6, 6.07) is 9.05. The molecule has 118 valence electrons. The Morgan fingerprint density at radius 1 is 1.00 bits per heavy atom. The topological polar surface area (TPSA) is 44.5 Å². The Kier molecular flexibility index (Phi) is 6.21. The van der Waals surface area contributed by atoms with Crippen molar-refractivity contribution in [2.24, 2.45) is 5.73 Å². The maximum atomic E-state index is 6.18. The molecule has 0 saturated carbocycles. The monoisotopic (exact) mass is 359 g/mol. The van der Waals surface area contributed by atoms with Crippen LogP contribution < -0.4 is 15.2 Å². The van der Waals surface area contributed by atoms with Crippen LogP contribution in [-0.4, -0.2) is 13.7 Å². The molecule has 0 heterocycles. The highest BCUT2D eigenvalue weighted by Gasteiger charge is 2.12. The van der Waals surface area contributed by atoms with Gasteiger partial charge in [0.25, 0.3) is 0 Å². The molecule has 0 fully saturated rings. The molecule has 0 bridgehead atoms. The number of benzene rings is 2. The van der Waals surface area contributed by atoms with Gasteiger partial charge in [-0.1, -0.05) is 40.9 Å². The van der Waals surface area contributed by atoms with Crippen molar-refractivity contribution in [2.75, 3.05) is 13.7 Å². The third kappa shape index (κ3) is 3.99. The van der Waals surface area contributed by atoms with Crippen LogP contribution in [0.15, 0.2) is 30.3 Å². The number of ether oxygens (including phenoxy) is 2. The minimum absolute atomic E-state index is 0.195. The molecular weight excluding hydrogens is 345 g/mol. The first-order valence-corrected chi connectivity index (χ1v) is 7.82. The molecule has 0 spiro atoms. The molecule has 0 aliphatic heterocycles. The second kappa shape index (κ2) is 7.93. The summed E-state index contributed by atoms with van der Waals surface area (Å²) < 4.78 is 11.1. The first-order valence-electron chi connectivity index (χ1n) is 6.69. The fraction of sp³-hybridized carbons (Fsp3) is 0.250. The van der Waals surface area contributed by atoms with Gasteiger partial charge in [-0.25, -0.2) is 0 Å². The van der Waals surface area contributed by atoms with Crippen LogP contribution >= 0.6 is 34.8 Å². The molecular formula is C16H16Cl3NO2. The summed E-state index contributed by atoms with van der Waals surface area (Å²) in [5.74, 6) is 1.25. The van der Waals surface area contributed by atoms with Crippen molar-refractivity contribution in [2.45, 2.75) is 13.0 Å². The molecule has 0 aromatic heterocycles. The van der Waals surface area contributed by atoms with Crippen molar-refractivity contribution in [1.29, 1.82) is 0 Å². The van der Waals surface area contributed by atoms with Crippen LogP contribution in [0.25, 0.3) is 0 Å². The largest absolute Gasteiger partial charge is 0.493 e. The fourth-order valence-corrected chi connectivity index (χ4v) is 2.66. The second-order valence-corrected chi connectivity index (χ2v) is 5.83. The molecule has 3 nitrogen and oxygen atoms in total. The van der Waals surface area contributed by atoms with Gasteiger partial charge in [0.2, 0.25) is 0 Å². The van der Waals surface area contributed by atoms with E-state index >= 15 is 0 Å². The molecule has 0 radical (unpaired) electrons. The Morgan fingerprint density at radius 2 is 1.73 bits per heavy atom. The zero-order valence-corrected chi connectivity index (χ0v) is 14.3. The van der Waals surface area contributed by atoms with E-state index in [1.54, 1.807) is 19.2 Å². The second-order valence-electron chi connectivity index (χ2n) is 4.63. The quantitative estimate of drug-likeness (QED) is 0.757. The van der Waals surface area contributed by atoms with Crippen molar-refractivity contribution in [3.63, 3.8) is 0 Å². The van der Waals surface area contributed by atoms with Crippen molar-refractivity contribution < 1.29 is 9.47 Å². The molecule has 22 heavy (non-hydrogen) atoms. The Bertz CT molecular complexity index is 662. The van der Waals surface area contributed by atoms with E-state index in [1.165, 1.54) is 0 Å². The first kappa shape index (κ1) is 17.2. The molecule has 0 saturated heterocycles. The van der Waals surface area contributed by atoms with Crippen molar-refractivity contribution in [1.82, 2.24) is 0 Å². The predicted octanol–water partition coefficient (Wildman–Crippen LogP) is 4.74. The van der Waals surface area contributed by atoms with E-state index < -0.39 is 0 Å². The maximum Gasteiger partial charge on any atom is 0.161 e. The molecule has 2 aromatic rings. The normalized spacial score (nSPS) is 10.6. The van der Waals surface area contributed by atoms with E-state index in [-0.39, 0.29) is 6.61 Å². The number of rotatable bonds is 6. The summed E-state index contributed by atoms with van der Waals surface area (Å²) in [4.78, 5) is 0. The summed E-state index contributed by atoms with van der Waals surface area (Å²) >= 11 is 18.3. The van der Waals surface area contributed by atoms with Gasteiger partial charge in [-0.2, -0.15) is 0 Å². The number of halogens is 3. The van der Waals surface area contributed by atoms with Crippen molar-refractivity contribution in [3.05, 3.63) is 56.5 Å². The van der Waals surface area contributed by atoms with E-state index in [0.717, 1.165) is 12.0 Å². The van der Waals surface area contributed by atoms with E-state index in [2.05, 4.69) is 0 Å². The van der Waals surface area contributed by atoms with Gasteiger partial charge in [0.05, 0.1) is 17.2 Å². The fourth-order valence-electron chi connectivity index (χ4n) is 2.01. The van der Waals surface area contributed by atoms with Gasteiger partial charge in [-0.3, -0.25) is 0 Å². The number of nitrogens with two attached hydrogens (primary N) is 1. The van der Waals surface area contributed by atoms with Crippen molar-refractivity contribution in [3.8, 4) is 11.5 Å². The lowest BCUT2D eigenvalue weighted by molar-refractivity contribution is 0.284.